The fourth-order valence-corrected chi connectivity index (χ4v) is 4.54. The molecule has 0 aliphatic heterocycles. The van der Waals surface area contributed by atoms with Crippen LogP contribution in [0.15, 0.2) is 54.7 Å². The van der Waals surface area contributed by atoms with E-state index in [1.807, 2.05) is 6.20 Å². The molecule has 0 fully saturated rings. The second kappa shape index (κ2) is 10.9. The highest BCUT2D eigenvalue weighted by molar-refractivity contribution is 6.74. The van der Waals surface area contributed by atoms with E-state index in [1.54, 1.807) is 45.0 Å². The average Bonchev–Trinajstić information content (AvgIpc) is 3.40. The van der Waals surface area contributed by atoms with E-state index in [0.717, 1.165) is 6.61 Å². The summed E-state index contributed by atoms with van der Waals surface area (Å²) < 4.78 is 11.5. The number of para-hydroxylation sites is 1. The summed E-state index contributed by atoms with van der Waals surface area (Å²) in [5.74, 6) is -0.576. The van der Waals surface area contributed by atoms with Crippen molar-refractivity contribution >= 4 is 48.8 Å². The van der Waals surface area contributed by atoms with Crippen LogP contribution in [-0.2, 0) is 15.8 Å². The Hall–Kier alpha value is -2.85. The largest absolute Gasteiger partial charge is 0.506 e. The lowest BCUT2D eigenvalue weighted by atomic mass is 9.83. The van der Waals surface area contributed by atoms with E-state index in [2.05, 4.69) is 68.1 Å². The van der Waals surface area contributed by atoms with Gasteiger partial charge < -0.3 is 29.2 Å². The number of H-pyrrole nitrogens is 2. The van der Waals surface area contributed by atoms with Crippen LogP contribution >= 0.6 is 0 Å². The summed E-state index contributed by atoms with van der Waals surface area (Å²) in [6.07, 6.45) is 1.98. The second-order valence-electron chi connectivity index (χ2n) is 11.8. The van der Waals surface area contributed by atoms with Gasteiger partial charge in [-0.15, -0.1) is 0 Å². The average molecular weight is 523 g/mol. The zero-order valence-electron chi connectivity index (χ0n) is 23.1. The van der Waals surface area contributed by atoms with Gasteiger partial charge in [-0.25, -0.2) is 4.79 Å². The summed E-state index contributed by atoms with van der Waals surface area (Å²) in [6, 6.07) is 15.6. The van der Waals surface area contributed by atoms with Gasteiger partial charge in [-0.3, -0.25) is 0 Å². The molecule has 4 rings (SSSR count). The zero-order valence-corrected chi connectivity index (χ0v) is 24.1. The lowest BCUT2D eigenvalue weighted by molar-refractivity contribution is 0.00729. The van der Waals surface area contributed by atoms with Gasteiger partial charge in [0.2, 0.25) is 0 Å². The van der Waals surface area contributed by atoms with Gasteiger partial charge in [0.25, 0.3) is 0 Å². The standard InChI is InChI=1S/C15H23NOSi.C13H16BNO4/c1-15(2,3)18(4,5)17-11-12-6-7-14-13(10-12)8-9-16-14;1-13(2,3)19-12(16)10-8-6-4-5-7-9(8)15-11(10)14(17)18/h6-10,16H,11H2,1-5H3;4-7,15,17-18H,1-3H3. The first-order chi connectivity index (χ1) is 17.1. The maximum Gasteiger partial charge on any atom is 0.506 e. The predicted molar refractivity (Wildman–Crippen MR) is 154 cm³/mol. The normalized spacial score (nSPS) is 12.4. The SMILES string of the molecule is CC(C)(C)OC(=O)c1c(B(O)O)[nH]c2ccccc12.CC(C)(C)[Si](C)(C)OCc1ccc2[nH]ccc2c1. The maximum atomic E-state index is 12.2. The summed E-state index contributed by atoms with van der Waals surface area (Å²) >= 11 is 0. The number of fused-ring (bicyclic) bond motifs is 2. The molecule has 2 aromatic heterocycles. The molecule has 4 aromatic rings. The third kappa shape index (κ3) is 7.13. The Balaban J connectivity index is 0.000000206. The molecular formula is C28H39BN2O5Si. The van der Waals surface area contributed by atoms with E-state index in [9.17, 15) is 14.8 Å². The number of hydrogen-bond acceptors (Lipinski definition) is 5. The third-order valence-corrected chi connectivity index (χ3v) is 11.1. The molecule has 0 aliphatic rings. The highest BCUT2D eigenvalue weighted by Gasteiger charge is 2.37. The third-order valence-electron chi connectivity index (χ3n) is 6.62. The highest BCUT2D eigenvalue weighted by Crippen LogP contribution is 2.37. The van der Waals surface area contributed by atoms with Crippen LogP contribution in [0.2, 0.25) is 18.1 Å². The number of benzene rings is 2. The topological polar surface area (TPSA) is 108 Å². The van der Waals surface area contributed by atoms with E-state index in [0.29, 0.717) is 10.9 Å². The molecule has 0 aliphatic carbocycles. The molecule has 37 heavy (non-hydrogen) atoms. The van der Waals surface area contributed by atoms with E-state index in [1.165, 1.54) is 16.5 Å². The number of carbonyl (C=O) groups excluding carboxylic acids is 1. The molecule has 0 bridgehead atoms. The van der Waals surface area contributed by atoms with Gasteiger partial charge in [0.15, 0.2) is 8.32 Å². The minimum atomic E-state index is -1.75. The number of aromatic nitrogens is 2. The minimum absolute atomic E-state index is 0.0513. The van der Waals surface area contributed by atoms with Crippen LogP contribution in [0.25, 0.3) is 21.8 Å². The molecule has 4 N–H and O–H groups in total. The van der Waals surface area contributed by atoms with Gasteiger partial charge in [-0.1, -0.05) is 45.0 Å². The Kier molecular flexibility index (Phi) is 8.44. The van der Waals surface area contributed by atoms with Crippen LogP contribution in [-0.4, -0.2) is 47.0 Å². The van der Waals surface area contributed by atoms with Crippen LogP contribution in [0, 0.1) is 0 Å². The predicted octanol–water partition coefficient (Wildman–Crippen LogP) is 5.49. The number of carbonyl (C=O) groups is 1. The van der Waals surface area contributed by atoms with Crippen LogP contribution in [0.4, 0.5) is 0 Å². The molecule has 0 radical (unpaired) electrons. The first-order valence-electron chi connectivity index (χ1n) is 12.5. The van der Waals surface area contributed by atoms with Gasteiger partial charge in [-0.05, 0) is 74.1 Å². The number of aromatic amines is 2. The van der Waals surface area contributed by atoms with Crippen molar-refractivity contribution in [3.05, 3.63) is 65.9 Å². The van der Waals surface area contributed by atoms with Crippen molar-refractivity contribution in [3.8, 4) is 0 Å². The van der Waals surface area contributed by atoms with E-state index < -0.39 is 27.0 Å². The molecule has 0 atom stereocenters. The number of nitrogens with one attached hydrogen (secondary N) is 2. The summed E-state index contributed by atoms with van der Waals surface area (Å²) in [5, 5.41) is 20.9. The number of hydrogen-bond donors (Lipinski definition) is 4. The number of rotatable bonds is 5. The van der Waals surface area contributed by atoms with Crippen LogP contribution in [0.5, 0.6) is 0 Å². The second-order valence-corrected chi connectivity index (χ2v) is 16.6. The Morgan fingerprint density at radius 2 is 1.65 bits per heavy atom. The smallest absolute Gasteiger partial charge is 0.456 e. The lowest BCUT2D eigenvalue weighted by Crippen LogP contribution is -2.40. The van der Waals surface area contributed by atoms with E-state index in [-0.39, 0.29) is 16.2 Å². The fourth-order valence-electron chi connectivity index (χ4n) is 3.58. The van der Waals surface area contributed by atoms with Crippen molar-refractivity contribution in [2.24, 2.45) is 0 Å². The maximum absolute atomic E-state index is 12.2. The first-order valence-corrected chi connectivity index (χ1v) is 15.4. The van der Waals surface area contributed by atoms with Crippen molar-refractivity contribution in [1.82, 2.24) is 9.97 Å². The number of ether oxygens (including phenoxy) is 1. The Morgan fingerprint density at radius 3 is 2.27 bits per heavy atom. The Bertz CT molecular complexity index is 1360. The molecule has 0 amide bonds. The zero-order chi connectivity index (χ0) is 27.6. The molecular weight excluding hydrogens is 483 g/mol. The van der Waals surface area contributed by atoms with Crippen LogP contribution < -0.4 is 5.59 Å². The van der Waals surface area contributed by atoms with Crippen LogP contribution in [0.3, 0.4) is 0 Å². The Morgan fingerprint density at radius 1 is 0.973 bits per heavy atom. The highest BCUT2D eigenvalue weighted by atomic mass is 28.4. The summed E-state index contributed by atoms with van der Waals surface area (Å²) in [5.41, 5.74) is 2.67. The molecule has 7 nitrogen and oxygen atoms in total. The van der Waals surface area contributed by atoms with Gasteiger partial charge in [-0.2, -0.15) is 0 Å². The lowest BCUT2D eigenvalue weighted by Gasteiger charge is -2.36. The van der Waals surface area contributed by atoms with Gasteiger partial charge in [0.1, 0.15) is 5.60 Å². The summed E-state index contributed by atoms with van der Waals surface area (Å²) in [6.45, 7) is 17.4. The van der Waals surface area contributed by atoms with Gasteiger partial charge in [0.05, 0.1) is 17.8 Å². The molecule has 0 saturated heterocycles. The molecule has 0 saturated carbocycles. The fraction of sp³-hybridized carbons (Fsp3) is 0.393. The molecule has 9 heteroatoms. The summed E-state index contributed by atoms with van der Waals surface area (Å²) in [7, 11) is -3.40. The molecule has 0 spiro atoms. The molecule has 2 aromatic carbocycles. The molecule has 0 unspecified atom stereocenters. The van der Waals surface area contributed by atoms with Crippen LogP contribution in [0.1, 0.15) is 57.5 Å². The van der Waals surface area contributed by atoms with Crippen molar-refractivity contribution in [3.63, 3.8) is 0 Å². The van der Waals surface area contributed by atoms with Crippen molar-refractivity contribution in [1.29, 1.82) is 0 Å². The van der Waals surface area contributed by atoms with Gasteiger partial charge >= 0.3 is 13.1 Å². The molecule has 2 heterocycles. The first kappa shape index (κ1) is 28.7. The Labute approximate surface area is 220 Å². The van der Waals surface area contributed by atoms with E-state index >= 15 is 0 Å². The monoisotopic (exact) mass is 522 g/mol. The minimum Gasteiger partial charge on any atom is -0.456 e. The van der Waals surface area contributed by atoms with Crippen molar-refractivity contribution < 1.29 is 24.0 Å². The van der Waals surface area contributed by atoms with Gasteiger partial charge in [0, 0.05) is 22.6 Å². The number of esters is 1. The van der Waals surface area contributed by atoms with Crippen molar-refractivity contribution in [2.45, 2.75) is 71.9 Å². The molecule has 198 valence electrons. The summed E-state index contributed by atoms with van der Waals surface area (Å²) in [4.78, 5) is 18.2. The quantitative estimate of drug-likeness (QED) is 0.205. The van der Waals surface area contributed by atoms with E-state index in [4.69, 9.17) is 9.16 Å². The van der Waals surface area contributed by atoms with Crippen molar-refractivity contribution in [2.75, 3.05) is 0 Å².